The summed E-state index contributed by atoms with van der Waals surface area (Å²) in [6, 6.07) is 4.65. The predicted molar refractivity (Wildman–Crippen MR) is 67.3 cm³/mol. The van der Waals surface area contributed by atoms with Crippen molar-refractivity contribution < 1.29 is 9.84 Å². The largest absolute Gasteiger partial charge is 0.504 e. The molecule has 4 nitrogen and oxygen atoms in total. The summed E-state index contributed by atoms with van der Waals surface area (Å²) < 4.78 is 5.22. The Labute approximate surface area is 98.7 Å². The lowest BCUT2D eigenvalue weighted by Crippen LogP contribution is -2.09. The van der Waals surface area contributed by atoms with Crippen molar-refractivity contribution in [3.8, 4) is 11.5 Å². The molecule has 0 atom stereocenters. The fourth-order valence-electron chi connectivity index (χ4n) is 1.17. The molecule has 0 heterocycles. The summed E-state index contributed by atoms with van der Waals surface area (Å²) in [5.74, 6) is 0.396. The van der Waals surface area contributed by atoms with E-state index in [0.29, 0.717) is 17.9 Å². The molecule has 1 aromatic carbocycles. The van der Waals surface area contributed by atoms with Crippen molar-refractivity contribution in [2.45, 2.75) is 6.92 Å². The molecule has 0 bridgehead atoms. The second-order valence-corrected chi connectivity index (χ2v) is 3.84. The van der Waals surface area contributed by atoms with E-state index < -0.39 is 0 Å². The molecule has 0 aliphatic rings. The molecule has 0 saturated carbocycles. The number of aromatic hydroxyl groups is 1. The highest BCUT2D eigenvalue weighted by atomic mass is 32.2. The van der Waals surface area contributed by atoms with Crippen molar-refractivity contribution >= 4 is 22.5 Å². The van der Waals surface area contributed by atoms with Gasteiger partial charge in [-0.25, -0.2) is 0 Å². The van der Waals surface area contributed by atoms with Crippen LogP contribution in [0.2, 0.25) is 0 Å². The number of rotatable bonds is 4. The standard InChI is InChI=1S/C11H14N2O2S/c1-3-15-9-6-7(4-5-8(9)14)10(12)11(13)16-2/h4-6,12-14H,3H2,1-2H3. The van der Waals surface area contributed by atoms with Gasteiger partial charge in [0.15, 0.2) is 11.5 Å². The molecule has 16 heavy (non-hydrogen) atoms. The topological polar surface area (TPSA) is 77.2 Å². The van der Waals surface area contributed by atoms with E-state index in [1.165, 1.54) is 17.8 Å². The maximum atomic E-state index is 9.49. The average Bonchev–Trinajstić information content (AvgIpc) is 2.30. The molecule has 0 saturated heterocycles. The lowest BCUT2D eigenvalue weighted by Gasteiger charge is -2.09. The maximum absolute atomic E-state index is 9.49. The molecule has 0 aromatic heterocycles. The van der Waals surface area contributed by atoms with Gasteiger partial charge < -0.3 is 9.84 Å². The number of phenolic OH excluding ortho intramolecular Hbond substituents is 1. The Bertz CT molecular complexity index is 418. The number of hydrogen-bond donors (Lipinski definition) is 3. The van der Waals surface area contributed by atoms with Crippen molar-refractivity contribution in [1.82, 2.24) is 0 Å². The maximum Gasteiger partial charge on any atom is 0.161 e. The molecule has 0 fully saturated rings. The van der Waals surface area contributed by atoms with E-state index in [2.05, 4.69) is 0 Å². The van der Waals surface area contributed by atoms with Crippen LogP contribution in [0.1, 0.15) is 12.5 Å². The van der Waals surface area contributed by atoms with E-state index in [9.17, 15) is 5.11 Å². The predicted octanol–water partition coefficient (Wildman–Crippen LogP) is 2.50. The van der Waals surface area contributed by atoms with Gasteiger partial charge in [0.2, 0.25) is 0 Å². The zero-order valence-electron chi connectivity index (χ0n) is 9.20. The van der Waals surface area contributed by atoms with Crippen LogP contribution in [0.3, 0.4) is 0 Å². The van der Waals surface area contributed by atoms with Crippen LogP contribution in [0.5, 0.6) is 11.5 Å². The molecule has 0 spiro atoms. The first-order valence-corrected chi connectivity index (χ1v) is 6.00. The molecule has 1 rings (SSSR count). The van der Waals surface area contributed by atoms with E-state index in [0.717, 1.165) is 0 Å². The summed E-state index contributed by atoms with van der Waals surface area (Å²) in [5, 5.41) is 25.0. The van der Waals surface area contributed by atoms with Crippen LogP contribution in [0.25, 0.3) is 0 Å². The number of phenols is 1. The molecule has 0 radical (unpaired) electrons. The fraction of sp³-hybridized carbons (Fsp3) is 0.273. The van der Waals surface area contributed by atoms with E-state index in [1.807, 2.05) is 6.92 Å². The van der Waals surface area contributed by atoms with Crippen LogP contribution in [-0.4, -0.2) is 28.7 Å². The van der Waals surface area contributed by atoms with E-state index in [-0.39, 0.29) is 16.5 Å². The molecule has 86 valence electrons. The highest BCUT2D eigenvalue weighted by molar-refractivity contribution is 8.15. The molecule has 0 aliphatic heterocycles. The minimum Gasteiger partial charge on any atom is -0.504 e. The zero-order chi connectivity index (χ0) is 12.1. The lowest BCUT2D eigenvalue weighted by molar-refractivity contribution is 0.318. The Balaban J connectivity index is 3.02. The minimum absolute atomic E-state index is 0.0501. The van der Waals surface area contributed by atoms with Gasteiger partial charge in [-0.15, -0.1) is 11.8 Å². The third-order valence-electron chi connectivity index (χ3n) is 1.98. The molecule has 0 amide bonds. The first-order valence-electron chi connectivity index (χ1n) is 4.77. The highest BCUT2D eigenvalue weighted by Gasteiger charge is 2.10. The number of benzene rings is 1. The summed E-state index contributed by atoms with van der Waals surface area (Å²) in [4.78, 5) is 0. The Hall–Kier alpha value is -1.49. The number of ether oxygens (including phenoxy) is 1. The van der Waals surface area contributed by atoms with Gasteiger partial charge in [0.05, 0.1) is 12.3 Å². The Kier molecular flexibility index (Phi) is 4.37. The molecule has 0 aliphatic carbocycles. The Morgan fingerprint density at radius 2 is 2.12 bits per heavy atom. The highest BCUT2D eigenvalue weighted by Crippen LogP contribution is 2.27. The minimum atomic E-state index is 0.0501. The van der Waals surface area contributed by atoms with Crippen LogP contribution in [0.15, 0.2) is 18.2 Å². The van der Waals surface area contributed by atoms with Gasteiger partial charge in [-0.3, -0.25) is 10.8 Å². The lowest BCUT2D eigenvalue weighted by atomic mass is 10.1. The quantitative estimate of drug-likeness (QED) is 0.557. The molecular weight excluding hydrogens is 224 g/mol. The van der Waals surface area contributed by atoms with Gasteiger partial charge in [-0.2, -0.15) is 0 Å². The Morgan fingerprint density at radius 1 is 1.44 bits per heavy atom. The van der Waals surface area contributed by atoms with Gasteiger partial charge in [-0.05, 0) is 31.4 Å². The van der Waals surface area contributed by atoms with Crippen LogP contribution in [0, 0.1) is 10.8 Å². The molecule has 5 heteroatoms. The molecular formula is C11H14N2O2S. The van der Waals surface area contributed by atoms with Crippen molar-refractivity contribution in [3.05, 3.63) is 23.8 Å². The van der Waals surface area contributed by atoms with E-state index in [1.54, 1.807) is 18.4 Å². The van der Waals surface area contributed by atoms with Gasteiger partial charge in [-0.1, -0.05) is 0 Å². The molecule has 3 N–H and O–H groups in total. The fourth-order valence-corrected chi connectivity index (χ4v) is 1.50. The summed E-state index contributed by atoms with van der Waals surface area (Å²) in [6.07, 6.45) is 1.75. The van der Waals surface area contributed by atoms with E-state index >= 15 is 0 Å². The third kappa shape index (κ3) is 2.76. The first kappa shape index (κ1) is 12.6. The summed E-state index contributed by atoms with van der Waals surface area (Å²) in [5.41, 5.74) is 0.703. The van der Waals surface area contributed by atoms with Gasteiger partial charge >= 0.3 is 0 Å². The zero-order valence-corrected chi connectivity index (χ0v) is 10.0. The van der Waals surface area contributed by atoms with Crippen LogP contribution >= 0.6 is 11.8 Å². The number of thioether (sulfide) groups is 1. The molecule has 0 unspecified atom stereocenters. The second kappa shape index (κ2) is 5.55. The first-order chi connectivity index (χ1) is 7.60. The van der Waals surface area contributed by atoms with Gasteiger partial charge in [0, 0.05) is 5.56 Å². The van der Waals surface area contributed by atoms with Crippen LogP contribution in [-0.2, 0) is 0 Å². The normalized spacial score (nSPS) is 9.88. The van der Waals surface area contributed by atoms with Crippen LogP contribution < -0.4 is 4.74 Å². The Morgan fingerprint density at radius 3 is 2.69 bits per heavy atom. The van der Waals surface area contributed by atoms with Crippen molar-refractivity contribution in [2.75, 3.05) is 12.9 Å². The number of hydrogen-bond acceptors (Lipinski definition) is 5. The van der Waals surface area contributed by atoms with Crippen molar-refractivity contribution in [1.29, 1.82) is 10.8 Å². The van der Waals surface area contributed by atoms with Crippen molar-refractivity contribution in [2.24, 2.45) is 0 Å². The summed E-state index contributed by atoms with van der Waals surface area (Å²) in [7, 11) is 0. The van der Waals surface area contributed by atoms with Crippen molar-refractivity contribution in [3.63, 3.8) is 0 Å². The smallest absolute Gasteiger partial charge is 0.161 e. The number of nitrogens with one attached hydrogen (secondary N) is 2. The average molecular weight is 238 g/mol. The molecule has 1 aromatic rings. The summed E-state index contributed by atoms with van der Waals surface area (Å²) >= 11 is 1.21. The van der Waals surface area contributed by atoms with Crippen LogP contribution in [0.4, 0.5) is 0 Å². The summed E-state index contributed by atoms with van der Waals surface area (Å²) in [6.45, 7) is 2.27. The van der Waals surface area contributed by atoms with Gasteiger partial charge in [0.1, 0.15) is 5.04 Å². The van der Waals surface area contributed by atoms with E-state index in [4.69, 9.17) is 15.6 Å². The monoisotopic (exact) mass is 238 g/mol. The van der Waals surface area contributed by atoms with Gasteiger partial charge in [0.25, 0.3) is 0 Å². The third-order valence-corrected chi connectivity index (χ3v) is 2.59. The second-order valence-electron chi connectivity index (χ2n) is 3.02. The SMILES string of the molecule is CCOc1cc(C(=N)C(=N)SC)ccc1O.